The van der Waals surface area contributed by atoms with Crippen LogP contribution < -0.4 is 0 Å². The van der Waals surface area contributed by atoms with Crippen LogP contribution in [0.3, 0.4) is 0 Å². The molecule has 2 N–H and O–H groups in total. The van der Waals surface area contributed by atoms with E-state index >= 15 is 0 Å². The van der Waals surface area contributed by atoms with Gasteiger partial charge in [0, 0.05) is 5.02 Å². The molecule has 0 spiro atoms. The second kappa shape index (κ2) is 7.70. The zero-order valence-corrected chi connectivity index (χ0v) is 18.8. The predicted molar refractivity (Wildman–Crippen MR) is 125 cm³/mol. The Kier molecular flexibility index (Phi) is 4.97. The molecule has 0 unspecified atom stereocenters. The highest BCUT2D eigenvalue weighted by Gasteiger charge is 2.32. The van der Waals surface area contributed by atoms with E-state index in [1.165, 1.54) is 22.0 Å². The Bertz CT molecular complexity index is 1500. The summed E-state index contributed by atoms with van der Waals surface area (Å²) >= 11 is 13.6. The van der Waals surface area contributed by atoms with E-state index in [0.29, 0.717) is 32.0 Å². The topological polar surface area (TPSA) is 88.5 Å². The minimum absolute atomic E-state index is 0.0394. The molecule has 3 heterocycles. The molecule has 5 aromatic rings. The molecule has 0 fully saturated rings. The van der Waals surface area contributed by atoms with Crippen molar-refractivity contribution in [2.75, 3.05) is 0 Å². The van der Waals surface area contributed by atoms with Crippen molar-refractivity contribution >= 4 is 50.5 Å². The van der Waals surface area contributed by atoms with Gasteiger partial charge in [0.25, 0.3) is 0 Å². The first-order chi connectivity index (χ1) is 15.3. The minimum Gasteiger partial charge on any atom is -0.503 e. The van der Waals surface area contributed by atoms with Crippen LogP contribution in [0, 0.1) is 6.92 Å². The van der Waals surface area contributed by atoms with Crippen LogP contribution in [0.15, 0.2) is 59.0 Å². The zero-order chi connectivity index (χ0) is 22.6. The van der Waals surface area contributed by atoms with Crippen molar-refractivity contribution in [1.29, 1.82) is 0 Å². The van der Waals surface area contributed by atoms with Crippen molar-refractivity contribution < 1.29 is 19.4 Å². The smallest absolute Gasteiger partial charge is 0.242 e. The lowest BCUT2D eigenvalue weighted by atomic mass is 10.0. The Morgan fingerprint density at radius 3 is 2.47 bits per heavy atom. The van der Waals surface area contributed by atoms with Gasteiger partial charge in [0.15, 0.2) is 16.6 Å². The summed E-state index contributed by atoms with van der Waals surface area (Å²) in [4.78, 5) is 17.9. The van der Waals surface area contributed by atoms with Gasteiger partial charge in [-0.2, -0.15) is 0 Å². The summed E-state index contributed by atoms with van der Waals surface area (Å²) in [7, 11) is 0. The minimum atomic E-state index is -0.575. The highest BCUT2D eigenvalue weighted by atomic mass is 35.5. The van der Waals surface area contributed by atoms with Gasteiger partial charge in [0.05, 0.1) is 21.0 Å². The van der Waals surface area contributed by atoms with E-state index in [2.05, 4.69) is 4.98 Å². The summed E-state index contributed by atoms with van der Waals surface area (Å²) in [6, 6.07) is 15.2. The van der Waals surface area contributed by atoms with Crippen LogP contribution in [0.2, 0.25) is 10.0 Å². The van der Waals surface area contributed by atoms with Crippen molar-refractivity contribution in [3.63, 3.8) is 0 Å². The Hall–Kier alpha value is -3.26. The summed E-state index contributed by atoms with van der Waals surface area (Å²) in [6.07, 6.45) is 0. The predicted octanol–water partition coefficient (Wildman–Crippen LogP) is 6.60. The maximum atomic E-state index is 13.3. The summed E-state index contributed by atoms with van der Waals surface area (Å²) < 4.78 is 7.60. The average Bonchev–Trinajstić information content (AvgIpc) is 3.46. The molecule has 0 aliphatic rings. The second-order valence-corrected chi connectivity index (χ2v) is 8.91. The van der Waals surface area contributed by atoms with Crippen LogP contribution in [0.4, 0.5) is 0 Å². The van der Waals surface area contributed by atoms with Crippen LogP contribution in [0.5, 0.6) is 11.6 Å². The fourth-order valence-corrected chi connectivity index (χ4v) is 4.91. The van der Waals surface area contributed by atoms with Crippen molar-refractivity contribution in [3.05, 3.63) is 81.7 Å². The van der Waals surface area contributed by atoms with E-state index in [1.54, 1.807) is 49.4 Å². The number of fused-ring (bicyclic) bond motifs is 1. The van der Waals surface area contributed by atoms with Crippen LogP contribution in [-0.4, -0.2) is 25.5 Å². The molecule has 6 nitrogen and oxygen atoms in total. The quantitative estimate of drug-likeness (QED) is 0.280. The van der Waals surface area contributed by atoms with Crippen LogP contribution in [0.25, 0.3) is 26.6 Å². The summed E-state index contributed by atoms with van der Waals surface area (Å²) in [6.45, 7) is 1.71. The van der Waals surface area contributed by atoms with Crippen LogP contribution >= 0.6 is 34.5 Å². The molecule has 32 heavy (non-hydrogen) atoms. The zero-order valence-electron chi connectivity index (χ0n) is 16.5. The molecule has 9 heteroatoms. The number of benzene rings is 2. The number of carbonyl (C=O) groups is 1. The van der Waals surface area contributed by atoms with Crippen molar-refractivity contribution in [2.45, 2.75) is 6.92 Å². The lowest BCUT2D eigenvalue weighted by molar-refractivity contribution is 0.101. The number of carbonyl (C=O) groups excluding carboxylic acids is 1. The van der Waals surface area contributed by atoms with Gasteiger partial charge in [-0.3, -0.25) is 9.36 Å². The van der Waals surface area contributed by atoms with E-state index < -0.39 is 17.4 Å². The Morgan fingerprint density at radius 2 is 1.81 bits per heavy atom. The van der Waals surface area contributed by atoms with Crippen LogP contribution in [0.1, 0.15) is 21.9 Å². The molecule has 0 saturated carbocycles. The largest absolute Gasteiger partial charge is 0.503 e. The number of aromatic hydroxyl groups is 2. The van der Waals surface area contributed by atoms with Gasteiger partial charge in [-0.05, 0) is 48.9 Å². The molecule has 0 saturated heterocycles. The van der Waals surface area contributed by atoms with Crippen molar-refractivity contribution in [1.82, 2.24) is 9.55 Å². The van der Waals surface area contributed by atoms with E-state index in [0.717, 1.165) is 4.70 Å². The summed E-state index contributed by atoms with van der Waals surface area (Å²) in [5, 5.41) is 23.0. The van der Waals surface area contributed by atoms with Crippen molar-refractivity contribution in [3.8, 4) is 28.0 Å². The third kappa shape index (κ3) is 3.26. The number of nitrogens with zero attached hydrogens (tertiary/aromatic N) is 2. The summed E-state index contributed by atoms with van der Waals surface area (Å²) in [5.41, 5.74) is 1.25. The van der Waals surface area contributed by atoms with Gasteiger partial charge >= 0.3 is 0 Å². The number of halogens is 2. The van der Waals surface area contributed by atoms with Gasteiger partial charge in [0.1, 0.15) is 11.3 Å². The first kappa shape index (κ1) is 20.6. The molecule has 0 radical (unpaired) electrons. The number of thiazole rings is 1. The van der Waals surface area contributed by atoms with Gasteiger partial charge < -0.3 is 14.6 Å². The van der Waals surface area contributed by atoms with Crippen molar-refractivity contribution in [2.24, 2.45) is 0 Å². The third-order valence-corrected chi connectivity index (χ3v) is 6.54. The number of ketones is 1. The lowest BCUT2D eigenvalue weighted by Gasteiger charge is -2.09. The number of rotatable bonds is 4. The second-order valence-electron chi connectivity index (χ2n) is 7.06. The number of hydrogen-bond donors (Lipinski definition) is 2. The van der Waals surface area contributed by atoms with Crippen LogP contribution in [-0.2, 0) is 0 Å². The Labute approximate surface area is 195 Å². The van der Waals surface area contributed by atoms with Gasteiger partial charge in [0.2, 0.25) is 11.7 Å². The molecule has 5 rings (SSSR count). The number of hydrogen-bond acceptors (Lipinski definition) is 6. The third-order valence-electron chi connectivity index (χ3n) is 4.98. The Balaban J connectivity index is 1.82. The molecule has 2 aromatic carbocycles. The average molecular weight is 485 g/mol. The molecule has 3 aromatic heterocycles. The number of aromatic nitrogens is 2. The monoisotopic (exact) mass is 484 g/mol. The normalized spacial score (nSPS) is 11.3. The van der Waals surface area contributed by atoms with E-state index in [4.69, 9.17) is 27.6 Å². The molecule has 0 aliphatic carbocycles. The van der Waals surface area contributed by atoms with Gasteiger partial charge in [-0.25, -0.2) is 4.98 Å². The van der Waals surface area contributed by atoms with E-state index in [1.807, 2.05) is 6.07 Å². The molecular formula is C23H14Cl2N2O4S. The van der Waals surface area contributed by atoms with E-state index in [-0.39, 0.29) is 17.0 Å². The lowest BCUT2D eigenvalue weighted by Crippen LogP contribution is -2.04. The molecule has 0 bridgehead atoms. The fourth-order valence-electron chi connectivity index (χ4n) is 3.51. The number of para-hydroxylation sites is 1. The van der Waals surface area contributed by atoms with Gasteiger partial charge in [-0.1, -0.05) is 52.7 Å². The molecule has 160 valence electrons. The number of aryl methyl sites for hydroxylation is 1. The highest BCUT2D eigenvalue weighted by molar-refractivity contribution is 7.21. The molecule has 0 amide bonds. The Morgan fingerprint density at radius 1 is 1.06 bits per heavy atom. The maximum Gasteiger partial charge on any atom is 0.242 e. The van der Waals surface area contributed by atoms with Gasteiger partial charge in [-0.15, -0.1) is 0 Å². The SMILES string of the molecule is Cc1ccc(C(=O)c2c(O)c(O)n(-c3nc4c(Cl)cccc4s3)c2-c2ccc(Cl)cc2)o1. The molecule has 0 atom stereocenters. The summed E-state index contributed by atoms with van der Waals surface area (Å²) in [5.74, 6) is -1.08. The first-order valence-electron chi connectivity index (χ1n) is 9.44. The van der Waals surface area contributed by atoms with E-state index in [9.17, 15) is 15.0 Å². The highest BCUT2D eigenvalue weighted by Crippen LogP contribution is 2.45. The number of furan rings is 1. The fraction of sp³-hybridized carbons (Fsp3) is 0.0435. The standard InChI is InChI=1S/C23H14Cl2N2O4S/c1-11-5-10-15(31-11)20(28)17-19(12-6-8-13(24)9-7-12)27(22(30)21(17)29)23-26-18-14(25)3-2-4-16(18)32-23/h2-10,29-30H,1H3. The maximum absolute atomic E-state index is 13.3. The first-order valence-corrected chi connectivity index (χ1v) is 11.0. The molecular weight excluding hydrogens is 471 g/mol. The molecule has 0 aliphatic heterocycles.